The van der Waals surface area contributed by atoms with E-state index in [0.29, 0.717) is 23.6 Å². The van der Waals surface area contributed by atoms with Gasteiger partial charge >= 0.3 is 5.97 Å². The van der Waals surface area contributed by atoms with Crippen molar-refractivity contribution in [3.05, 3.63) is 66.7 Å². The fourth-order valence-corrected chi connectivity index (χ4v) is 2.31. The molecule has 6 heteroatoms. The first-order chi connectivity index (χ1) is 13.0. The van der Waals surface area contributed by atoms with Crippen LogP contribution in [0.3, 0.4) is 0 Å². The van der Waals surface area contributed by atoms with Gasteiger partial charge in [-0.05, 0) is 43.2 Å². The lowest BCUT2D eigenvalue weighted by Gasteiger charge is -2.15. The summed E-state index contributed by atoms with van der Waals surface area (Å²) in [5, 5.41) is 2.67. The molecule has 0 aliphatic carbocycles. The summed E-state index contributed by atoms with van der Waals surface area (Å²) in [6.07, 6.45) is 1.54. The number of methoxy groups -OCH3 is 1. The van der Waals surface area contributed by atoms with Gasteiger partial charge in [0.15, 0.2) is 24.2 Å². The molecule has 0 aliphatic rings. The number of carbonyl (C=O) groups excluding carboxylic acids is 2. The van der Waals surface area contributed by atoms with Gasteiger partial charge in [0.25, 0.3) is 5.91 Å². The van der Waals surface area contributed by atoms with E-state index in [1.807, 2.05) is 18.2 Å². The number of ether oxygens (including phenoxy) is 3. The first-order valence-electron chi connectivity index (χ1n) is 8.49. The molecular formula is C21H23NO5. The molecular weight excluding hydrogens is 346 g/mol. The van der Waals surface area contributed by atoms with E-state index in [1.54, 1.807) is 36.4 Å². The number of para-hydroxylation sites is 1. The quantitative estimate of drug-likeness (QED) is 0.542. The molecule has 0 aromatic heterocycles. The Morgan fingerprint density at radius 2 is 1.89 bits per heavy atom. The summed E-state index contributed by atoms with van der Waals surface area (Å²) in [7, 11) is 1.52. The molecule has 1 N–H and O–H groups in total. The third-order valence-corrected chi connectivity index (χ3v) is 3.67. The van der Waals surface area contributed by atoms with E-state index in [0.717, 1.165) is 5.56 Å². The smallest absolute Gasteiger partial charge is 0.344 e. The van der Waals surface area contributed by atoms with E-state index in [2.05, 4.69) is 11.9 Å². The monoisotopic (exact) mass is 369 g/mol. The fourth-order valence-electron chi connectivity index (χ4n) is 2.31. The Morgan fingerprint density at radius 3 is 2.56 bits per heavy atom. The number of allylic oxidation sites excluding steroid dienone is 1. The number of anilines is 1. The minimum absolute atomic E-state index is 0.333. The molecule has 0 spiro atoms. The molecule has 0 aliphatic heterocycles. The van der Waals surface area contributed by atoms with Crippen molar-refractivity contribution < 1.29 is 23.8 Å². The topological polar surface area (TPSA) is 73.9 Å². The zero-order valence-corrected chi connectivity index (χ0v) is 15.4. The van der Waals surface area contributed by atoms with Crippen LogP contribution in [0.15, 0.2) is 61.2 Å². The first kappa shape index (κ1) is 20.0. The van der Waals surface area contributed by atoms with Crippen LogP contribution in [0.2, 0.25) is 0 Å². The van der Waals surface area contributed by atoms with Gasteiger partial charge in [0.1, 0.15) is 0 Å². The second kappa shape index (κ2) is 10.0. The van der Waals surface area contributed by atoms with Crippen molar-refractivity contribution in [2.24, 2.45) is 0 Å². The SMILES string of the molecule is C=CCc1ccc(OCC(=O)O[C@H](C)C(=O)Nc2ccccc2)c(OC)c1. The van der Waals surface area contributed by atoms with Crippen molar-refractivity contribution in [3.8, 4) is 11.5 Å². The summed E-state index contributed by atoms with van der Waals surface area (Å²) in [4.78, 5) is 24.0. The highest BCUT2D eigenvalue weighted by Crippen LogP contribution is 2.28. The largest absolute Gasteiger partial charge is 0.493 e. The highest BCUT2D eigenvalue weighted by atomic mass is 16.6. The van der Waals surface area contributed by atoms with Crippen LogP contribution in [0.4, 0.5) is 5.69 Å². The Kier molecular flexibility index (Phi) is 7.43. The third kappa shape index (κ3) is 6.18. The summed E-state index contributed by atoms with van der Waals surface area (Å²) in [5.41, 5.74) is 1.65. The minimum Gasteiger partial charge on any atom is -0.493 e. The highest BCUT2D eigenvalue weighted by Gasteiger charge is 2.18. The average molecular weight is 369 g/mol. The predicted molar refractivity (Wildman–Crippen MR) is 103 cm³/mol. The third-order valence-electron chi connectivity index (χ3n) is 3.67. The molecule has 27 heavy (non-hydrogen) atoms. The molecule has 1 amide bonds. The molecule has 0 radical (unpaired) electrons. The molecule has 0 saturated carbocycles. The first-order valence-corrected chi connectivity index (χ1v) is 8.49. The van der Waals surface area contributed by atoms with Crippen LogP contribution in [0.25, 0.3) is 0 Å². The fraction of sp³-hybridized carbons (Fsp3) is 0.238. The van der Waals surface area contributed by atoms with Crippen molar-refractivity contribution in [1.29, 1.82) is 0 Å². The number of benzene rings is 2. The highest BCUT2D eigenvalue weighted by molar-refractivity contribution is 5.95. The zero-order chi connectivity index (χ0) is 19.6. The normalized spacial score (nSPS) is 11.2. The summed E-state index contributed by atoms with van der Waals surface area (Å²) >= 11 is 0. The van der Waals surface area contributed by atoms with Crippen molar-refractivity contribution in [3.63, 3.8) is 0 Å². The number of hydrogen-bond donors (Lipinski definition) is 1. The van der Waals surface area contributed by atoms with Crippen LogP contribution in [0.5, 0.6) is 11.5 Å². The Balaban J connectivity index is 1.86. The van der Waals surface area contributed by atoms with Gasteiger partial charge in [-0.25, -0.2) is 4.79 Å². The van der Waals surface area contributed by atoms with Gasteiger partial charge in [-0.2, -0.15) is 0 Å². The summed E-state index contributed by atoms with van der Waals surface area (Å²) in [6.45, 7) is 4.86. The van der Waals surface area contributed by atoms with Gasteiger partial charge in [0, 0.05) is 5.69 Å². The van der Waals surface area contributed by atoms with Crippen LogP contribution >= 0.6 is 0 Å². The van der Waals surface area contributed by atoms with Gasteiger partial charge in [-0.15, -0.1) is 6.58 Å². The van der Waals surface area contributed by atoms with Gasteiger partial charge in [-0.1, -0.05) is 30.3 Å². The van der Waals surface area contributed by atoms with Crippen LogP contribution in [0.1, 0.15) is 12.5 Å². The van der Waals surface area contributed by atoms with Gasteiger partial charge in [0.2, 0.25) is 0 Å². The maximum absolute atomic E-state index is 12.1. The van der Waals surface area contributed by atoms with Crippen molar-refractivity contribution >= 4 is 17.6 Å². The van der Waals surface area contributed by atoms with Crippen LogP contribution in [-0.4, -0.2) is 31.7 Å². The lowest BCUT2D eigenvalue weighted by atomic mass is 10.1. The number of hydrogen-bond acceptors (Lipinski definition) is 5. The predicted octanol–water partition coefficient (Wildman–Crippen LogP) is 3.37. The number of amides is 1. The molecule has 142 valence electrons. The molecule has 6 nitrogen and oxygen atoms in total. The van der Waals surface area contributed by atoms with E-state index in [4.69, 9.17) is 14.2 Å². The molecule has 0 heterocycles. The second-order valence-electron chi connectivity index (χ2n) is 5.75. The number of esters is 1. The number of carbonyl (C=O) groups is 2. The van der Waals surface area contributed by atoms with Crippen molar-refractivity contribution in [1.82, 2.24) is 0 Å². The molecule has 2 aromatic rings. The lowest BCUT2D eigenvalue weighted by molar-refractivity contribution is -0.155. The standard InChI is InChI=1S/C21H23NO5/c1-4-8-16-11-12-18(19(13-16)25-3)26-14-20(23)27-15(2)21(24)22-17-9-6-5-7-10-17/h4-7,9-13,15H,1,8,14H2,2-3H3,(H,22,24)/t15-/m1/s1. The summed E-state index contributed by atoms with van der Waals surface area (Å²) in [6, 6.07) is 14.3. The van der Waals surface area contributed by atoms with E-state index in [-0.39, 0.29) is 6.61 Å². The van der Waals surface area contributed by atoms with Gasteiger partial charge in [-0.3, -0.25) is 4.79 Å². The average Bonchev–Trinajstić information content (AvgIpc) is 2.67. The van der Waals surface area contributed by atoms with E-state index in [1.165, 1.54) is 14.0 Å². The van der Waals surface area contributed by atoms with Crippen LogP contribution in [0, 0.1) is 0 Å². The van der Waals surface area contributed by atoms with Crippen LogP contribution < -0.4 is 14.8 Å². The Bertz CT molecular complexity index is 788. The molecule has 2 rings (SSSR count). The van der Waals surface area contributed by atoms with Gasteiger partial charge in [0.05, 0.1) is 7.11 Å². The Morgan fingerprint density at radius 1 is 1.15 bits per heavy atom. The summed E-state index contributed by atoms with van der Waals surface area (Å²) < 4.78 is 15.9. The molecule has 0 bridgehead atoms. The maximum atomic E-state index is 12.1. The minimum atomic E-state index is -0.946. The lowest BCUT2D eigenvalue weighted by Crippen LogP contribution is -2.31. The van der Waals surface area contributed by atoms with E-state index >= 15 is 0 Å². The van der Waals surface area contributed by atoms with Crippen molar-refractivity contribution in [2.45, 2.75) is 19.4 Å². The maximum Gasteiger partial charge on any atom is 0.344 e. The second-order valence-corrected chi connectivity index (χ2v) is 5.75. The molecule has 0 unspecified atom stereocenters. The van der Waals surface area contributed by atoms with E-state index < -0.39 is 18.0 Å². The zero-order valence-electron chi connectivity index (χ0n) is 15.4. The Hall–Kier alpha value is -3.28. The number of rotatable bonds is 9. The molecule has 2 aromatic carbocycles. The molecule has 0 fully saturated rings. The molecule has 0 saturated heterocycles. The van der Waals surface area contributed by atoms with Crippen molar-refractivity contribution in [2.75, 3.05) is 19.0 Å². The molecule has 1 atom stereocenters. The summed E-state index contributed by atoms with van der Waals surface area (Å²) in [5.74, 6) is -0.135. The number of nitrogens with one attached hydrogen (secondary N) is 1. The Labute approximate surface area is 158 Å². The van der Waals surface area contributed by atoms with Gasteiger partial charge < -0.3 is 19.5 Å². The van der Waals surface area contributed by atoms with E-state index in [9.17, 15) is 9.59 Å². The van der Waals surface area contributed by atoms with Crippen LogP contribution in [-0.2, 0) is 20.7 Å².